The number of aromatic amines is 2. The Morgan fingerprint density at radius 2 is 1.70 bits per heavy atom. The first-order valence-electron chi connectivity index (χ1n) is 10.6. The quantitative estimate of drug-likeness (QED) is 0.542. The number of furan rings is 1. The van der Waals surface area contributed by atoms with Crippen molar-refractivity contribution < 1.29 is 23.4 Å². The van der Waals surface area contributed by atoms with E-state index in [0.717, 1.165) is 17.0 Å². The summed E-state index contributed by atoms with van der Waals surface area (Å²) < 4.78 is 22.3. The molecule has 2 atom stereocenters. The summed E-state index contributed by atoms with van der Waals surface area (Å²) in [5, 5.41) is 8.80. The average molecular weight is 451 g/mol. The summed E-state index contributed by atoms with van der Waals surface area (Å²) in [7, 11) is 4.69. The van der Waals surface area contributed by atoms with Gasteiger partial charge < -0.3 is 23.9 Å². The Hall–Kier alpha value is -3.88. The second-order valence-corrected chi connectivity index (χ2v) is 8.25. The largest absolute Gasteiger partial charge is 0.493 e. The van der Waals surface area contributed by atoms with E-state index < -0.39 is 5.92 Å². The first-order valence-corrected chi connectivity index (χ1v) is 10.6. The van der Waals surface area contributed by atoms with Gasteiger partial charge in [-0.15, -0.1) is 0 Å². The molecule has 1 aliphatic heterocycles. The van der Waals surface area contributed by atoms with Crippen molar-refractivity contribution >= 4 is 11.6 Å². The Bertz CT molecular complexity index is 1300. The number of Topliss-reactive ketones (excluding diaryl/α,β-unsaturated/α-hetero) is 1. The summed E-state index contributed by atoms with van der Waals surface area (Å²) in [5.74, 6) is 2.73. The minimum Gasteiger partial charge on any atom is -0.493 e. The molecule has 9 heteroatoms. The van der Waals surface area contributed by atoms with E-state index in [1.165, 1.54) is 0 Å². The molecular formula is C24H25N3O6. The number of nitrogens with one attached hydrogen (secondary N) is 3. The third-order valence-corrected chi connectivity index (χ3v) is 6.38. The lowest BCUT2D eigenvalue weighted by Crippen LogP contribution is -2.31. The molecule has 0 unspecified atom stereocenters. The van der Waals surface area contributed by atoms with Gasteiger partial charge in [0.1, 0.15) is 17.3 Å². The molecule has 0 bridgehead atoms. The highest BCUT2D eigenvalue weighted by molar-refractivity contribution is 6.01. The molecule has 0 saturated heterocycles. The number of H-pyrrole nitrogens is 2. The number of benzene rings is 1. The second kappa shape index (κ2) is 7.91. The highest BCUT2D eigenvalue weighted by atomic mass is 16.5. The zero-order valence-corrected chi connectivity index (χ0v) is 18.8. The molecule has 0 spiro atoms. The normalized spacial score (nSPS) is 19.6. The molecule has 0 fully saturated rings. The monoisotopic (exact) mass is 451 g/mol. The highest BCUT2D eigenvalue weighted by Crippen LogP contribution is 2.48. The van der Waals surface area contributed by atoms with E-state index in [0.29, 0.717) is 46.4 Å². The number of carbonyl (C=O) groups excluding carboxylic acids is 1. The van der Waals surface area contributed by atoms with Gasteiger partial charge in [-0.1, -0.05) is 0 Å². The van der Waals surface area contributed by atoms with Gasteiger partial charge in [-0.3, -0.25) is 19.8 Å². The molecule has 2 aromatic heterocycles. The van der Waals surface area contributed by atoms with E-state index in [9.17, 15) is 9.59 Å². The summed E-state index contributed by atoms with van der Waals surface area (Å²) in [6.07, 6.45) is 0.857. The number of aromatic nitrogens is 2. The minimum absolute atomic E-state index is 0.0344. The van der Waals surface area contributed by atoms with Crippen LogP contribution in [0.15, 0.2) is 44.7 Å². The average Bonchev–Trinajstić information content (AvgIpc) is 3.41. The summed E-state index contributed by atoms with van der Waals surface area (Å²) in [6.45, 7) is 1.84. The van der Waals surface area contributed by atoms with E-state index in [2.05, 4.69) is 15.5 Å². The van der Waals surface area contributed by atoms with Crippen LogP contribution in [0.2, 0.25) is 0 Å². The lowest BCUT2D eigenvalue weighted by atomic mass is 9.74. The van der Waals surface area contributed by atoms with Crippen LogP contribution >= 0.6 is 0 Å². The number of methoxy groups -OCH3 is 3. The summed E-state index contributed by atoms with van der Waals surface area (Å²) in [5.41, 5.74) is 2.44. The molecular weight excluding hydrogens is 426 g/mol. The van der Waals surface area contributed by atoms with Crippen molar-refractivity contribution in [3.63, 3.8) is 0 Å². The van der Waals surface area contributed by atoms with Crippen molar-refractivity contribution in [3.8, 4) is 17.2 Å². The topological polar surface area (TPSA) is 119 Å². The van der Waals surface area contributed by atoms with Gasteiger partial charge in [0.2, 0.25) is 5.75 Å². The molecule has 33 heavy (non-hydrogen) atoms. The van der Waals surface area contributed by atoms with E-state index >= 15 is 0 Å². The fourth-order valence-electron chi connectivity index (χ4n) is 4.89. The van der Waals surface area contributed by atoms with Crippen LogP contribution in [-0.2, 0) is 4.79 Å². The number of anilines is 1. The van der Waals surface area contributed by atoms with Gasteiger partial charge in [0.15, 0.2) is 17.3 Å². The Balaban J connectivity index is 1.59. The predicted molar refractivity (Wildman–Crippen MR) is 120 cm³/mol. The van der Waals surface area contributed by atoms with Gasteiger partial charge in [0.25, 0.3) is 5.56 Å². The Morgan fingerprint density at radius 1 is 0.970 bits per heavy atom. The predicted octanol–water partition coefficient (Wildman–Crippen LogP) is 3.59. The highest BCUT2D eigenvalue weighted by Gasteiger charge is 2.42. The molecule has 0 amide bonds. The smallest absolute Gasteiger partial charge is 0.270 e. The summed E-state index contributed by atoms with van der Waals surface area (Å²) in [4.78, 5) is 26.1. The number of hydrogen-bond acceptors (Lipinski definition) is 7. The molecule has 2 aliphatic rings. The molecule has 5 rings (SSSR count). The van der Waals surface area contributed by atoms with Crippen molar-refractivity contribution in [3.05, 3.63) is 68.5 Å². The number of allylic oxidation sites excluding steroid dienone is 2. The van der Waals surface area contributed by atoms with Gasteiger partial charge >= 0.3 is 0 Å². The van der Waals surface area contributed by atoms with Crippen LogP contribution < -0.4 is 25.1 Å². The first kappa shape index (κ1) is 21.0. The Kier molecular flexibility index (Phi) is 5.03. The number of hydrogen-bond donors (Lipinski definition) is 3. The van der Waals surface area contributed by atoms with Crippen LogP contribution in [0.4, 0.5) is 5.82 Å². The zero-order chi connectivity index (χ0) is 23.3. The van der Waals surface area contributed by atoms with Gasteiger partial charge in [-0.2, -0.15) is 0 Å². The maximum Gasteiger partial charge on any atom is 0.270 e. The maximum absolute atomic E-state index is 13.5. The lowest BCUT2D eigenvalue weighted by molar-refractivity contribution is -0.116. The van der Waals surface area contributed by atoms with Crippen molar-refractivity contribution in [2.75, 3.05) is 26.6 Å². The first-order chi connectivity index (χ1) is 15.9. The fraction of sp³-hybridized carbons (Fsp3) is 0.333. The maximum atomic E-state index is 13.5. The zero-order valence-electron chi connectivity index (χ0n) is 18.8. The van der Waals surface area contributed by atoms with Crippen molar-refractivity contribution in [1.82, 2.24) is 10.2 Å². The number of aryl methyl sites for hydroxylation is 1. The molecule has 0 radical (unpaired) electrons. The number of ether oxygens (including phenoxy) is 3. The molecule has 172 valence electrons. The van der Waals surface area contributed by atoms with Crippen LogP contribution in [0.1, 0.15) is 47.3 Å². The van der Waals surface area contributed by atoms with Gasteiger partial charge in [-0.05, 0) is 49.1 Å². The number of rotatable bonds is 5. The van der Waals surface area contributed by atoms with Crippen molar-refractivity contribution in [1.29, 1.82) is 0 Å². The minimum atomic E-state index is -0.562. The van der Waals surface area contributed by atoms with Gasteiger partial charge in [0, 0.05) is 17.7 Å². The van der Waals surface area contributed by atoms with Crippen LogP contribution in [0, 0.1) is 6.92 Å². The molecule has 1 aliphatic carbocycles. The van der Waals surface area contributed by atoms with Crippen LogP contribution in [0.3, 0.4) is 0 Å². The number of fused-ring (bicyclic) bond motifs is 1. The van der Waals surface area contributed by atoms with E-state index in [-0.39, 0.29) is 23.7 Å². The summed E-state index contributed by atoms with van der Waals surface area (Å²) in [6, 6.07) is 7.42. The second-order valence-electron chi connectivity index (χ2n) is 8.25. The molecule has 0 saturated carbocycles. The molecule has 9 nitrogen and oxygen atoms in total. The molecule has 3 N–H and O–H groups in total. The fourth-order valence-corrected chi connectivity index (χ4v) is 4.89. The summed E-state index contributed by atoms with van der Waals surface area (Å²) >= 11 is 0. The Morgan fingerprint density at radius 3 is 2.30 bits per heavy atom. The van der Waals surface area contributed by atoms with E-state index in [1.54, 1.807) is 21.3 Å². The van der Waals surface area contributed by atoms with Crippen LogP contribution in [-0.4, -0.2) is 37.3 Å². The van der Waals surface area contributed by atoms with E-state index in [4.69, 9.17) is 18.6 Å². The lowest BCUT2D eigenvalue weighted by Gasteiger charge is -2.34. The third-order valence-electron chi connectivity index (χ3n) is 6.38. The van der Waals surface area contributed by atoms with Crippen molar-refractivity contribution in [2.24, 2.45) is 0 Å². The third kappa shape index (κ3) is 3.31. The Labute approximate surface area is 189 Å². The number of carbonyl (C=O) groups is 1. The van der Waals surface area contributed by atoms with Gasteiger partial charge in [0.05, 0.1) is 32.8 Å². The van der Waals surface area contributed by atoms with Gasteiger partial charge in [-0.25, -0.2) is 0 Å². The van der Waals surface area contributed by atoms with Crippen molar-refractivity contribution in [2.45, 2.75) is 31.6 Å². The SMILES string of the molecule is COc1cc([C@@H]2CC(=O)C3=C(C2)Nc2[nH][nH]c(=O)c2[C@@H]3c2ccc(C)o2)cc(OC)c1OC. The van der Waals surface area contributed by atoms with E-state index in [1.807, 2.05) is 31.2 Å². The van der Waals surface area contributed by atoms with Crippen LogP contribution in [0.5, 0.6) is 17.2 Å². The standard InChI is InChI=1S/C24H25N3O6/c1-11-5-6-16(33-11)20-19-14(25-23-21(20)24(29)27-26-23)7-12(8-15(19)28)13-9-17(30-2)22(32-4)18(10-13)31-3/h5-6,9-10,12,20H,7-8H2,1-4H3,(H3,25,26,27,29)/t12-,20+/m0/s1. The molecule has 3 aromatic rings. The number of ketones is 1. The van der Waals surface area contributed by atoms with Crippen LogP contribution in [0.25, 0.3) is 0 Å². The molecule has 3 heterocycles. The molecule has 1 aromatic carbocycles.